The Kier molecular flexibility index (Phi) is 4.70. The average Bonchev–Trinajstić information content (AvgIpc) is 2.96. The minimum atomic E-state index is -0.449. The van der Waals surface area contributed by atoms with E-state index >= 15 is 0 Å². The molecule has 0 radical (unpaired) electrons. The van der Waals surface area contributed by atoms with Crippen molar-refractivity contribution in [1.29, 1.82) is 0 Å². The van der Waals surface area contributed by atoms with Gasteiger partial charge in [0.05, 0.1) is 23.7 Å². The van der Waals surface area contributed by atoms with E-state index in [1.165, 1.54) is 0 Å². The summed E-state index contributed by atoms with van der Waals surface area (Å²) in [5.41, 5.74) is 0.659. The third kappa shape index (κ3) is 3.92. The fraction of sp³-hybridized carbons (Fsp3) is 0.750. The van der Waals surface area contributed by atoms with Gasteiger partial charge in [-0.05, 0) is 45.2 Å². The highest BCUT2D eigenvalue weighted by Crippen LogP contribution is 2.32. The minimum absolute atomic E-state index is 0.449. The van der Waals surface area contributed by atoms with Crippen LogP contribution < -0.4 is 10.6 Å². The van der Waals surface area contributed by atoms with Crippen molar-refractivity contribution in [3.05, 3.63) is 18.1 Å². The standard InChI is InChI=1S/C16H26N4O/c21-16(5-1-2-6-16)7-10-18-15-12-19-14(11-20-15)13-3-8-17-9-4-13/h11-13,17,21H,1-10H2,(H,18,20). The number of piperidine rings is 1. The Morgan fingerprint density at radius 1 is 1.19 bits per heavy atom. The Balaban J connectivity index is 1.47. The Morgan fingerprint density at radius 3 is 2.62 bits per heavy atom. The molecule has 1 saturated heterocycles. The molecular weight excluding hydrogens is 264 g/mol. The summed E-state index contributed by atoms with van der Waals surface area (Å²) in [4.78, 5) is 9.02. The van der Waals surface area contributed by atoms with Gasteiger partial charge in [0.25, 0.3) is 0 Å². The quantitative estimate of drug-likeness (QED) is 0.774. The van der Waals surface area contributed by atoms with Gasteiger partial charge in [0.15, 0.2) is 0 Å². The predicted octanol–water partition coefficient (Wildman–Crippen LogP) is 2.05. The van der Waals surface area contributed by atoms with E-state index in [-0.39, 0.29) is 0 Å². The van der Waals surface area contributed by atoms with Gasteiger partial charge in [-0.1, -0.05) is 12.8 Å². The van der Waals surface area contributed by atoms with Crippen LogP contribution in [0, 0.1) is 0 Å². The van der Waals surface area contributed by atoms with E-state index in [0.717, 1.165) is 76.1 Å². The molecule has 116 valence electrons. The normalized spacial score (nSPS) is 22.3. The number of aliphatic hydroxyl groups is 1. The van der Waals surface area contributed by atoms with Gasteiger partial charge in [-0.3, -0.25) is 4.98 Å². The number of anilines is 1. The molecule has 0 atom stereocenters. The first kappa shape index (κ1) is 14.7. The summed E-state index contributed by atoms with van der Waals surface area (Å²) < 4.78 is 0. The highest BCUT2D eigenvalue weighted by atomic mass is 16.3. The topological polar surface area (TPSA) is 70.1 Å². The highest BCUT2D eigenvalue weighted by molar-refractivity contribution is 5.31. The number of rotatable bonds is 5. The second-order valence-corrected chi connectivity index (χ2v) is 6.46. The fourth-order valence-electron chi connectivity index (χ4n) is 3.46. The van der Waals surface area contributed by atoms with Crippen molar-refractivity contribution < 1.29 is 5.11 Å². The van der Waals surface area contributed by atoms with Crippen LogP contribution in [0.4, 0.5) is 5.82 Å². The van der Waals surface area contributed by atoms with Crippen molar-refractivity contribution in [2.24, 2.45) is 0 Å². The van der Waals surface area contributed by atoms with E-state index in [2.05, 4.69) is 20.6 Å². The molecule has 3 rings (SSSR count). The Labute approximate surface area is 126 Å². The van der Waals surface area contributed by atoms with Crippen molar-refractivity contribution in [3.8, 4) is 0 Å². The van der Waals surface area contributed by atoms with Crippen LogP contribution in [0.5, 0.6) is 0 Å². The van der Waals surface area contributed by atoms with Gasteiger partial charge < -0.3 is 15.7 Å². The van der Waals surface area contributed by atoms with E-state index in [0.29, 0.717) is 5.92 Å². The van der Waals surface area contributed by atoms with Gasteiger partial charge in [0.1, 0.15) is 5.82 Å². The van der Waals surface area contributed by atoms with Gasteiger partial charge in [-0.25, -0.2) is 4.98 Å². The van der Waals surface area contributed by atoms with E-state index in [1.807, 2.05) is 12.4 Å². The van der Waals surface area contributed by atoms with Crippen LogP contribution in [-0.4, -0.2) is 40.3 Å². The molecular formula is C16H26N4O. The van der Waals surface area contributed by atoms with Crippen LogP contribution in [0.3, 0.4) is 0 Å². The molecule has 1 aliphatic heterocycles. The minimum Gasteiger partial charge on any atom is -0.390 e. The number of nitrogens with one attached hydrogen (secondary N) is 2. The molecule has 0 amide bonds. The molecule has 1 aliphatic carbocycles. The third-order valence-corrected chi connectivity index (χ3v) is 4.86. The fourth-order valence-corrected chi connectivity index (χ4v) is 3.46. The summed E-state index contributed by atoms with van der Waals surface area (Å²) >= 11 is 0. The van der Waals surface area contributed by atoms with Gasteiger partial charge in [0.2, 0.25) is 0 Å². The van der Waals surface area contributed by atoms with E-state index in [1.54, 1.807) is 0 Å². The molecule has 2 fully saturated rings. The van der Waals surface area contributed by atoms with Crippen LogP contribution in [0.1, 0.15) is 56.6 Å². The Bertz CT molecular complexity index is 436. The number of aromatic nitrogens is 2. The summed E-state index contributed by atoms with van der Waals surface area (Å²) in [6.07, 6.45) is 11.0. The number of nitrogens with zero attached hydrogens (tertiary/aromatic N) is 2. The van der Waals surface area contributed by atoms with Crippen LogP contribution in [0.25, 0.3) is 0 Å². The second kappa shape index (κ2) is 6.71. The van der Waals surface area contributed by atoms with Crippen molar-refractivity contribution in [3.63, 3.8) is 0 Å². The molecule has 5 nitrogen and oxygen atoms in total. The molecule has 0 unspecified atom stereocenters. The van der Waals surface area contributed by atoms with Crippen LogP contribution in [0.2, 0.25) is 0 Å². The molecule has 2 aliphatic rings. The molecule has 1 aromatic heterocycles. The molecule has 1 saturated carbocycles. The van der Waals surface area contributed by atoms with Gasteiger partial charge in [0, 0.05) is 12.5 Å². The summed E-state index contributed by atoms with van der Waals surface area (Å²) in [7, 11) is 0. The van der Waals surface area contributed by atoms with Crippen molar-refractivity contribution >= 4 is 5.82 Å². The summed E-state index contributed by atoms with van der Waals surface area (Å²) in [5.74, 6) is 1.36. The molecule has 5 heteroatoms. The zero-order valence-corrected chi connectivity index (χ0v) is 12.6. The zero-order valence-electron chi connectivity index (χ0n) is 12.6. The van der Waals surface area contributed by atoms with Crippen molar-refractivity contribution in [2.45, 2.75) is 56.5 Å². The molecule has 0 aromatic carbocycles. The highest BCUT2D eigenvalue weighted by Gasteiger charge is 2.30. The lowest BCUT2D eigenvalue weighted by Gasteiger charge is -2.23. The number of hydrogen-bond acceptors (Lipinski definition) is 5. The zero-order chi connectivity index (χ0) is 14.5. The predicted molar refractivity (Wildman–Crippen MR) is 83.4 cm³/mol. The maximum Gasteiger partial charge on any atom is 0.144 e. The van der Waals surface area contributed by atoms with Crippen LogP contribution in [-0.2, 0) is 0 Å². The molecule has 0 spiro atoms. The molecule has 21 heavy (non-hydrogen) atoms. The first-order valence-electron chi connectivity index (χ1n) is 8.24. The van der Waals surface area contributed by atoms with Gasteiger partial charge in [-0.2, -0.15) is 0 Å². The van der Waals surface area contributed by atoms with Crippen molar-refractivity contribution in [1.82, 2.24) is 15.3 Å². The monoisotopic (exact) mass is 290 g/mol. The second-order valence-electron chi connectivity index (χ2n) is 6.46. The maximum absolute atomic E-state index is 10.3. The Hall–Kier alpha value is -1.20. The number of hydrogen-bond donors (Lipinski definition) is 3. The Morgan fingerprint density at radius 2 is 1.95 bits per heavy atom. The molecule has 2 heterocycles. The SMILES string of the molecule is OC1(CCNc2cnc(C3CCNCC3)cn2)CCCC1. The largest absolute Gasteiger partial charge is 0.390 e. The summed E-state index contributed by atoms with van der Waals surface area (Å²) in [6.45, 7) is 2.91. The lowest BCUT2D eigenvalue weighted by atomic mass is 9.95. The molecule has 3 N–H and O–H groups in total. The molecule has 0 bridgehead atoms. The smallest absolute Gasteiger partial charge is 0.144 e. The van der Waals surface area contributed by atoms with E-state index in [9.17, 15) is 5.11 Å². The third-order valence-electron chi connectivity index (χ3n) is 4.86. The van der Waals surface area contributed by atoms with Gasteiger partial charge in [-0.15, -0.1) is 0 Å². The first-order valence-corrected chi connectivity index (χ1v) is 8.24. The molecule has 1 aromatic rings. The van der Waals surface area contributed by atoms with Gasteiger partial charge >= 0.3 is 0 Å². The summed E-state index contributed by atoms with van der Waals surface area (Å²) in [6, 6.07) is 0. The van der Waals surface area contributed by atoms with Crippen molar-refractivity contribution in [2.75, 3.05) is 25.0 Å². The van der Waals surface area contributed by atoms with E-state index in [4.69, 9.17) is 0 Å². The average molecular weight is 290 g/mol. The maximum atomic E-state index is 10.3. The van der Waals surface area contributed by atoms with Crippen LogP contribution in [0.15, 0.2) is 12.4 Å². The lowest BCUT2D eigenvalue weighted by Crippen LogP contribution is -2.27. The van der Waals surface area contributed by atoms with E-state index < -0.39 is 5.60 Å². The summed E-state index contributed by atoms with van der Waals surface area (Å²) in [5, 5.41) is 17.0. The lowest BCUT2D eigenvalue weighted by molar-refractivity contribution is 0.0424. The van der Waals surface area contributed by atoms with Crippen LogP contribution >= 0.6 is 0 Å². The first-order chi connectivity index (χ1) is 10.3.